The summed E-state index contributed by atoms with van der Waals surface area (Å²) in [6.07, 6.45) is 0. The molecule has 0 heterocycles. The minimum Gasteiger partial charge on any atom is -0.375 e. The van der Waals surface area contributed by atoms with E-state index >= 15 is 0 Å². The summed E-state index contributed by atoms with van der Waals surface area (Å²) >= 11 is 0. The first-order chi connectivity index (χ1) is 6.24. The van der Waals surface area contributed by atoms with Crippen LogP contribution in [0.4, 0.5) is 0 Å². The van der Waals surface area contributed by atoms with Crippen LogP contribution in [-0.2, 0) is 11.3 Å². The van der Waals surface area contributed by atoms with Crippen LogP contribution >= 0.6 is 0 Å². The molecule has 0 saturated heterocycles. The lowest BCUT2D eigenvalue weighted by molar-refractivity contribution is 0.128. The second kappa shape index (κ2) is 5.00. The average Bonchev–Trinajstić information content (AvgIpc) is 2.12. The van der Waals surface area contributed by atoms with Gasteiger partial charge in [-0.1, -0.05) is 18.2 Å². The van der Waals surface area contributed by atoms with Crippen molar-refractivity contribution in [3.8, 4) is 0 Å². The van der Waals surface area contributed by atoms with E-state index in [1.54, 1.807) is 0 Å². The summed E-state index contributed by atoms with van der Waals surface area (Å²) in [5.41, 5.74) is 9.18. The Hall–Kier alpha value is -0.860. The molecule has 0 aliphatic rings. The number of aryl methyl sites for hydroxylation is 2. The van der Waals surface area contributed by atoms with Crippen molar-refractivity contribution >= 4 is 0 Å². The molecule has 13 heavy (non-hydrogen) atoms. The highest BCUT2D eigenvalue weighted by Gasteiger charge is 1.95. The lowest BCUT2D eigenvalue weighted by Gasteiger charge is -2.05. The van der Waals surface area contributed by atoms with Crippen LogP contribution in [-0.4, -0.2) is 13.2 Å². The minimum absolute atomic E-state index is 0.588. The molecule has 0 aliphatic carbocycles. The molecule has 0 unspecified atom stereocenters. The van der Waals surface area contributed by atoms with Gasteiger partial charge < -0.3 is 10.5 Å². The Bertz CT molecular complexity index is 271. The van der Waals surface area contributed by atoms with Crippen LogP contribution in [0.2, 0.25) is 0 Å². The molecule has 0 saturated carbocycles. The minimum atomic E-state index is 0.588. The molecule has 1 aromatic rings. The van der Waals surface area contributed by atoms with Crippen molar-refractivity contribution in [2.24, 2.45) is 5.73 Å². The van der Waals surface area contributed by atoms with Gasteiger partial charge in [0.2, 0.25) is 0 Å². The molecule has 0 bridgehead atoms. The van der Waals surface area contributed by atoms with E-state index in [1.165, 1.54) is 16.7 Å². The maximum Gasteiger partial charge on any atom is 0.0717 e. The van der Waals surface area contributed by atoms with Crippen molar-refractivity contribution in [2.45, 2.75) is 20.5 Å². The van der Waals surface area contributed by atoms with Crippen LogP contribution in [0.15, 0.2) is 18.2 Å². The highest BCUT2D eigenvalue weighted by Crippen LogP contribution is 2.10. The van der Waals surface area contributed by atoms with E-state index in [1.807, 2.05) is 0 Å². The molecule has 0 aliphatic heterocycles. The molecular formula is C11H17NO. The van der Waals surface area contributed by atoms with Crippen LogP contribution in [0.3, 0.4) is 0 Å². The normalized spacial score (nSPS) is 10.4. The zero-order chi connectivity index (χ0) is 9.68. The molecule has 0 radical (unpaired) electrons. The zero-order valence-corrected chi connectivity index (χ0v) is 8.34. The fourth-order valence-corrected chi connectivity index (χ4v) is 1.17. The number of rotatable bonds is 4. The summed E-state index contributed by atoms with van der Waals surface area (Å²) in [6.45, 7) is 6.11. The van der Waals surface area contributed by atoms with Gasteiger partial charge in [0.15, 0.2) is 0 Å². The SMILES string of the molecule is Cc1ccc(COCCN)cc1C. The van der Waals surface area contributed by atoms with Crippen molar-refractivity contribution in [1.82, 2.24) is 0 Å². The monoisotopic (exact) mass is 179 g/mol. The van der Waals surface area contributed by atoms with Crippen LogP contribution < -0.4 is 5.73 Å². The Kier molecular flexibility index (Phi) is 3.93. The second-order valence-corrected chi connectivity index (χ2v) is 3.26. The molecule has 0 spiro atoms. The molecule has 1 aromatic carbocycles. The van der Waals surface area contributed by atoms with E-state index in [0.717, 1.165) is 0 Å². The van der Waals surface area contributed by atoms with Crippen molar-refractivity contribution in [1.29, 1.82) is 0 Å². The first kappa shape index (κ1) is 10.2. The average molecular weight is 179 g/mol. The van der Waals surface area contributed by atoms with Crippen LogP contribution in [0.1, 0.15) is 16.7 Å². The summed E-state index contributed by atoms with van der Waals surface area (Å²) in [7, 11) is 0. The van der Waals surface area contributed by atoms with Crippen molar-refractivity contribution in [3.63, 3.8) is 0 Å². The zero-order valence-electron chi connectivity index (χ0n) is 8.34. The summed E-state index contributed by atoms with van der Waals surface area (Å²) in [5.74, 6) is 0. The standard InChI is InChI=1S/C11H17NO/c1-9-3-4-11(7-10(9)2)8-13-6-5-12/h3-4,7H,5-6,8,12H2,1-2H3. The third-order valence-electron chi connectivity index (χ3n) is 2.10. The van der Waals surface area contributed by atoms with Crippen molar-refractivity contribution in [3.05, 3.63) is 34.9 Å². The summed E-state index contributed by atoms with van der Waals surface area (Å²) in [4.78, 5) is 0. The number of nitrogens with two attached hydrogens (primary N) is 1. The van der Waals surface area contributed by atoms with Gasteiger partial charge in [-0.3, -0.25) is 0 Å². The Morgan fingerprint density at radius 2 is 2.00 bits per heavy atom. The molecule has 2 nitrogen and oxygen atoms in total. The largest absolute Gasteiger partial charge is 0.375 e. The summed E-state index contributed by atoms with van der Waals surface area (Å²) in [6, 6.07) is 6.38. The fourth-order valence-electron chi connectivity index (χ4n) is 1.17. The lowest BCUT2D eigenvalue weighted by atomic mass is 10.1. The maximum absolute atomic E-state index is 5.34. The molecule has 2 heteroatoms. The second-order valence-electron chi connectivity index (χ2n) is 3.26. The summed E-state index contributed by atoms with van der Waals surface area (Å²) < 4.78 is 5.34. The van der Waals surface area contributed by atoms with E-state index in [0.29, 0.717) is 19.8 Å². The van der Waals surface area contributed by atoms with Gasteiger partial charge in [-0.15, -0.1) is 0 Å². The van der Waals surface area contributed by atoms with Crippen LogP contribution in [0, 0.1) is 13.8 Å². The van der Waals surface area contributed by atoms with Crippen LogP contribution in [0.5, 0.6) is 0 Å². The van der Waals surface area contributed by atoms with Gasteiger partial charge in [0, 0.05) is 6.54 Å². The smallest absolute Gasteiger partial charge is 0.0717 e. The first-order valence-electron chi connectivity index (χ1n) is 4.58. The Morgan fingerprint density at radius 1 is 1.23 bits per heavy atom. The molecule has 1 rings (SSSR count). The quantitative estimate of drug-likeness (QED) is 0.715. The third kappa shape index (κ3) is 3.17. The fraction of sp³-hybridized carbons (Fsp3) is 0.455. The Morgan fingerprint density at radius 3 is 2.62 bits per heavy atom. The van der Waals surface area contributed by atoms with E-state index in [2.05, 4.69) is 32.0 Å². The van der Waals surface area contributed by atoms with Gasteiger partial charge >= 0.3 is 0 Å². The predicted molar refractivity (Wildman–Crippen MR) is 54.6 cm³/mol. The number of ether oxygens (including phenoxy) is 1. The number of hydrogen-bond acceptors (Lipinski definition) is 2. The van der Waals surface area contributed by atoms with Gasteiger partial charge in [0.25, 0.3) is 0 Å². The topological polar surface area (TPSA) is 35.2 Å². The predicted octanol–water partition coefficient (Wildman–Crippen LogP) is 1.78. The maximum atomic E-state index is 5.34. The van der Waals surface area contributed by atoms with Gasteiger partial charge in [-0.25, -0.2) is 0 Å². The molecule has 0 aromatic heterocycles. The molecule has 0 fully saturated rings. The first-order valence-corrected chi connectivity index (χ1v) is 4.58. The Balaban J connectivity index is 2.53. The van der Waals surface area contributed by atoms with E-state index < -0.39 is 0 Å². The number of benzene rings is 1. The highest BCUT2D eigenvalue weighted by molar-refractivity contribution is 5.29. The van der Waals surface area contributed by atoms with E-state index in [4.69, 9.17) is 10.5 Å². The highest BCUT2D eigenvalue weighted by atomic mass is 16.5. The van der Waals surface area contributed by atoms with E-state index in [9.17, 15) is 0 Å². The van der Waals surface area contributed by atoms with Gasteiger partial charge in [0.1, 0.15) is 0 Å². The summed E-state index contributed by atoms with van der Waals surface area (Å²) in [5, 5.41) is 0. The van der Waals surface area contributed by atoms with Crippen LogP contribution in [0.25, 0.3) is 0 Å². The molecule has 72 valence electrons. The lowest BCUT2D eigenvalue weighted by Crippen LogP contribution is -2.08. The molecular weight excluding hydrogens is 162 g/mol. The third-order valence-corrected chi connectivity index (χ3v) is 2.10. The number of hydrogen-bond donors (Lipinski definition) is 1. The van der Waals surface area contributed by atoms with E-state index in [-0.39, 0.29) is 0 Å². The molecule has 2 N–H and O–H groups in total. The van der Waals surface area contributed by atoms with Crippen molar-refractivity contribution in [2.75, 3.05) is 13.2 Å². The molecule has 0 atom stereocenters. The van der Waals surface area contributed by atoms with Gasteiger partial charge in [-0.2, -0.15) is 0 Å². The van der Waals surface area contributed by atoms with Crippen molar-refractivity contribution < 1.29 is 4.74 Å². The Labute approximate surface area is 79.7 Å². The van der Waals surface area contributed by atoms with Gasteiger partial charge in [-0.05, 0) is 30.5 Å². The van der Waals surface area contributed by atoms with Gasteiger partial charge in [0.05, 0.1) is 13.2 Å². The molecule has 0 amide bonds.